The number of carbonyl (C=O) groups is 2. The Kier molecular flexibility index (Phi) is 5.80. The number of pyridine rings is 1. The first-order valence-corrected chi connectivity index (χ1v) is 12.5. The third-order valence-electron chi connectivity index (χ3n) is 7.03. The summed E-state index contributed by atoms with van der Waals surface area (Å²) in [6, 6.07) is 11.6. The maximum absolute atomic E-state index is 13.5. The minimum absolute atomic E-state index is 0.188. The van der Waals surface area contributed by atoms with Crippen LogP contribution in [0, 0.1) is 0 Å². The smallest absolute Gasteiger partial charge is 0.295 e. The minimum atomic E-state index is -1.12. The van der Waals surface area contributed by atoms with E-state index in [0.29, 0.717) is 46.8 Å². The average Bonchev–Trinajstić information content (AvgIpc) is 3.70. The molecule has 1 amide bonds. The highest BCUT2D eigenvalue weighted by atomic mass is 16.5. The van der Waals surface area contributed by atoms with Gasteiger partial charge in [0.2, 0.25) is 0 Å². The zero-order valence-electron chi connectivity index (χ0n) is 21.7. The summed E-state index contributed by atoms with van der Waals surface area (Å²) >= 11 is 0. The molecule has 1 aliphatic rings. The summed E-state index contributed by atoms with van der Waals surface area (Å²) < 4.78 is 7.59. The molecule has 1 aromatic carbocycles. The first kappa shape index (κ1) is 24.6. The topological polar surface area (TPSA) is 142 Å². The lowest BCUT2D eigenvalue weighted by atomic mass is 10.0. The molecule has 0 saturated heterocycles. The van der Waals surface area contributed by atoms with Crippen molar-refractivity contribution in [3.63, 3.8) is 0 Å². The molecule has 6 rings (SSSR count). The standard InChI is InChI=1S/C28H27N7O4/c1-28(2,38)21-11-18(32-33-21)24-25-23(20(39-3)14-31-24)17(12-30-25)26(36)27(37)34-9-10-35-19(13-29-22(35)15-34)16-7-5-4-6-8-16/h4-8,11-14,30,38H,9-10,15H2,1-3H3,(H,32,33). The lowest BCUT2D eigenvalue weighted by Gasteiger charge is -2.28. The minimum Gasteiger partial charge on any atom is -0.494 e. The molecule has 5 aromatic rings. The van der Waals surface area contributed by atoms with Crippen LogP contribution in [-0.2, 0) is 23.5 Å². The van der Waals surface area contributed by atoms with Crippen molar-refractivity contribution in [1.29, 1.82) is 0 Å². The van der Waals surface area contributed by atoms with Crippen LogP contribution in [0.4, 0.5) is 0 Å². The number of rotatable bonds is 6. The molecule has 4 aromatic heterocycles. The molecule has 198 valence electrons. The van der Waals surface area contributed by atoms with E-state index < -0.39 is 17.3 Å². The summed E-state index contributed by atoms with van der Waals surface area (Å²) in [5, 5.41) is 17.9. The number of ketones is 1. The van der Waals surface area contributed by atoms with E-state index in [4.69, 9.17) is 4.74 Å². The van der Waals surface area contributed by atoms with Gasteiger partial charge >= 0.3 is 0 Å². The number of aliphatic hydroxyl groups is 1. The van der Waals surface area contributed by atoms with E-state index in [1.54, 1.807) is 26.1 Å². The van der Waals surface area contributed by atoms with Crippen molar-refractivity contribution in [2.24, 2.45) is 0 Å². The summed E-state index contributed by atoms with van der Waals surface area (Å²) in [6.07, 6.45) is 4.80. The molecular weight excluding hydrogens is 498 g/mol. The van der Waals surface area contributed by atoms with Gasteiger partial charge < -0.3 is 24.3 Å². The van der Waals surface area contributed by atoms with E-state index in [0.717, 1.165) is 17.1 Å². The van der Waals surface area contributed by atoms with Crippen LogP contribution in [0.25, 0.3) is 33.5 Å². The molecule has 0 saturated carbocycles. The van der Waals surface area contributed by atoms with Crippen LogP contribution < -0.4 is 4.74 Å². The third kappa shape index (κ3) is 4.16. The van der Waals surface area contributed by atoms with Gasteiger partial charge in [0.05, 0.1) is 53.9 Å². The van der Waals surface area contributed by atoms with Gasteiger partial charge in [-0.15, -0.1) is 0 Å². The summed E-state index contributed by atoms with van der Waals surface area (Å²) in [6.45, 7) is 4.44. The fraction of sp³-hybridized carbons (Fsp3) is 0.250. The molecule has 5 heterocycles. The molecular formula is C28H27N7O4. The molecule has 0 aliphatic carbocycles. The zero-order valence-corrected chi connectivity index (χ0v) is 21.7. The maximum atomic E-state index is 13.5. The molecule has 1 aliphatic heterocycles. The Bertz CT molecular complexity index is 1710. The Morgan fingerprint density at radius 1 is 1.10 bits per heavy atom. The van der Waals surface area contributed by atoms with Crippen molar-refractivity contribution in [3.05, 3.63) is 72.1 Å². The van der Waals surface area contributed by atoms with Crippen molar-refractivity contribution in [1.82, 2.24) is 34.6 Å². The number of fused-ring (bicyclic) bond motifs is 2. The highest BCUT2D eigenvalue weighted by molar-refractivity contribution is 6.45. The Morgan fingerprint density at radius 2 is 1.90 bits per heavy atom. The largest absolute Gasteiger partial charge is 0.494 e. The second-order valence-corrected chi connectivity index (χ2v) is 9.99. The quantitative estimate of drug-likeness (QED) is 0.228. The molecule has 39 heavy (non-hydrogen) atoms. The molecule has 0 unspecified atom stereocenters. The first-order chi connectivity index (χ1) is 18.8. The molecule has 0 fully saturated rings. The van der Waals surface area contributed by atoms with Crippen molar-refractivity contribution >= 4 is 22.6 Å². The van der Waals surface area contributed by atoms with Crippen molar-refractivity contribution in [2.75, 3.05) is 13.7 Å². The number of aromatic nitrogens is 6. The lowest BCUT2D eigenvalue weighted by Crippen LogP contribution is -2.42. The predicted octanol–water partition coefficient (Wildman–Crippen LogP) is 3.28. The number of H-pyrrole nitrogens is 2. The number of benzene rings is 1. The number of carbonyl (C=O) groups excluding carboxylic acids is 2. The Morgan fingerprint density at radius 3 is 2.62 bits per heavy atom. The van der Waals surface area contributed by atoms with Crippen LogP contribution in [0.15, 0.2) is 55.0 Å². The number of hydrogen-bond donors (Lipinski definition) is 3. The second-order valence-electron chi connectivity index (χ2n) is 9.99. The van der Waals surface area contributed by atoms with Crippen LogP contribution in [0.3, 0.4) is 0 Å². The van der Waals surface area contributed by atoms with E-state index in [1.165, 1.54) is 24.4 Å². The van der Waals surface area contributed by atoms with Gasteiger partial charge in [0.25, 0.3) is 11.7 Å². The number of ether oxygens (including phenoxy) is 1. The van der Waals surface area contributed by atoms with Crippen molar-refractivity contribution in [2.45, 2.75) is 32.5 Å². The van der Waals surface area contributed by atoms with Gasteiger partial charge in [0.1, 0.15) is 28.6 Å². The predicted molar refractivity (Wildman–Crippen MR) is 143 cm³/mol. The van der Waals surface area contributed by atoms with Gasteiger partial charge in [0.15, 0.2) is 0 Å². The summed E-state index contributed by atoms with van der Waals surface area (Å²) in [4.78, 5) is 40.6. The zero-order chi connectivity index (χ0) is 27.3. The molecule has 11 nitrogen and oxygen atoms in total. The summed E-state index contributed by atoms with van der Waals surface area (Å²) in [7, 11) is 1.48. The van der Waals surface area contributed by atoms with Gasteiger partial charge in [0, 0.05) is 19.3 Å². The van der Waals surface area contributed by atoms with Gasteiger partial charge in [-0.1, -0.05) is 30.3 Å². The molecule has 0 atom stereocenters. The molecule has 3 N–H and O–H groups in total. The molecule has 0 radical (unpaired) electrons. The Balaban J connectivity index is 1.31. The molecule has 0 bridgehead atoms. The van der Waals surface area contributed by atoms with Crippen LogP contribution in [0.2, 0.25) is 0 Å². The second kappa shape index (κ2) is 9.21. The summed E-state index contributed by atoms with van der Waals surface area (Å²) in [5.41, 5.74) is 3.05. The maximum Gasteiger partial charge on any atom is 0.295 e. The van der Waals surface area contributed by atoms with Crippen LogP contribution in [0.5, 0.6) is 5.75 Å². The normalized spacial score (nSPS) is 13.5. The number of amides is 1. The van der Waals surface area contributed by atoms with Gasteiger partial charge in [-0.2, -0.15) is 5.10 Å². The highest BCUT2D eigenvalue weighted by Crippen LogP contribution is 2.35. The van der Waals surface area contributed by atoms with Crippen molar-refractivity contribution in [3.8, 4) is 28.4 Å². The van der Waals surface area contributed by atoms with Crippen LogP contribution in [0.1, 0.15) is 35.7 Å². The number of methoxy groups -OCH3 is 1. The van der Waals surface area contributed by atoms with E-state index >= 15 is 0 Å². The SMILES string of the molecule is COc1cnc(-c2cc(C(C)(C)O)[nH]n2)c2[nH]cc(C(=O)C(=O)N3CCn4c(-c5ccccc5)cnc4C3)c12. The fourth-order valence-corrected chi connectivity index (χ4v) is 4.93. The number of imidazole rings is 1. The summed E-state index contributed by atoms with van der Waals surface area (Å²) in [5.74, 6) is -0.188. The van der Waals surface area contributed by atoms with E-state index in [9.17, 15) is 14.7 Å². The van der Waals surface area contributed by atoms with E-state index in [1.807, 2.05) is 30.3 Å². The molecule has 0 spiro atoms. The van der Waals surface area contributed by atoms with Crippen LogP contribution >= 0.6 is 0 Å². The number of nitrogens with zero attached hydrogens (tertiary/aromatic N) is 5. The fourth-order valence-electron chi connectivity index (χ4n) is 4.93. The number of hydrogen-bond acceptors (Lipinski definition) is 7. The van der Waals surface area contributed by atoms with Crippen LogP contribution in [-0.4, -0.2) is 65.1 Å². The average molecular weight is 526 g/mol. The number of Topliss-reactive ketones (excluding diaryl/α,β-unsaturated/α-hetero) is 1. The van der Waals surface area contributed by atoms with Gasteiger partial charge in [-0.05, 0) is 25.5 Å². The first-order valence-electron chi connectivity index (χ1n) is 12.5. The highest BCUT2D eigenvalue weighted by Gasteiger charge is 2.31. The van der Waals surface area contributed by atoms with Gasteiger partial charge in [-0.3, -0.25) is 14.7 Å². The lowest BCUT2D eigenvalue weighted by molar-refractivity contribution is -0.127. The molecule has 11 heteroatoms. The van der Waals surface area contributed by atoms with E-state index in [2.05, 4.69) is 29.7 Å². The van der Waals surface area contributed by atoms with E-state index in [-0.39, 0.29) is 12.1 Å². The Hall–Kier alpha value is -4.77. The third-order valence-corrected chi connectivity index (χ3v) is 7.03. The number of nitrogens with one attached hydrogen (secondary N) is 2. The van der Waals surface area contributed by atoms with Gasteiger partial charge in [-0.25, -0.2) is 9.97 Å². The Labute approximate surface area is 223 Å². The van der Waals surface area contributed by atoms with Crippen molar-refractivity contribution < 1.29 is 19.4 Å². The number of aromatic amines is 2. The monoisotopic (exact) mass is 525 g/mol.